The van der Waals surface area contributed by atoms with Crippen LogP contribution in [0.25, 0.3) is 0 Å². The molecule has 0 heterocycles. The van der Waals surface area contributed by atoms with E-state index < -0.39 is 20.7 Å². The first-order valence-electron chi connectivity index (χ1n) is 4.84. The van der Waals surface area contributed by atoms with Crippen LogP contribution >= 0.6 is 0 Å². The molecule has 0 radical (unpaired) electrons. The highest BCUT2D eigenvalue weighted by Gasteiger charge is 2.27. The van der Waals surface area contributed by atoms with Gasteiger partial charge in [-0.05, 0) is 33.8 Å². The Bertz CT molecular complexity index is 388. The van der Waals surface area contributed by atoms with E-state index >= 15 is 0 Å². The highest BCUT2D eigenvalue weighted by atomic mass is 32.2. The number of allylic oxidation sites excluding steroid dienone is 1. The van der Waals surface area contributed by atoms with Crippen LogP contribution in [0.3, 0.4) is 0 Å². The molecule has 0 aromatic heterocycles. The van der Waals surface area contributed by atoms with E-state index in [2.05, 4.69) is 9.13 Å². The SMILES string of the molecule is CCOC(=O)/C=C/C=N/S(=O)(=O)C(C)(C)C. The van der Waals surface area contributed by atoms with E-state index in [1.165, 1.54) is 6.08 Å². The molecule has 5 nitrogen and oxygen atoms in total. The Labute approximate surface area is 96.3 Å². The summed E-state index contributed by atoms with van der Waals surface area (Å²) in [5, 5.41) is 0. The maximum absolute atomic E-state index is 11.5. The van der Waals surface area contributed by atoms with E-state index in [1.807, 2.05) is 0 Å². The number of nitrogens with zero attached hydrogens (tertiary/aromatic N) is 1. The quantitative estimate of drug-likeness (QED) is 0.426. The average molecular weight is 247 g/mol. The summed E-state index contributed by atoms with van der Waals surface area (Å²) < 4.78 is 30.0. The van der Waals surface area contributed by atoms with Crippen LogP contribution in [0.5, 0.6) is 0 Å². The van der Waals surface area contributed by atoms with Gasteiger partial charge in [-0.1, -0.05) is 0 Å². The van der Waals surface area contributed by atoms with E-state index in [-0.39, 0.29) is 6.61 Å². The highest BCUT2D eigenvalue weighted by molar-refractivity contribution is 7.91. The van der Waals surface area contributed by atoms with E-state index in [4.69, 9.17) is 0 Å². The van der Waals surface area contributed by atoms with Crippen molar-refractivity contribution in [1.82, 2.24) is 0 Å². The Balaban J connectivity index is 4.49. The van der Waals surface area contributed by atoms with Crippen molar-refractivity contribution >= 4 is 22.2 Å². The maximum atomic E-state index is 11.5. The number of hydrogen-bond acceptors (Lipinski definition) is 4. The lowest BCUT2D eigenvalue weighted by Gasteiger charge is -2.13. The van der Waals surface area contributed by atoms with Crippen LogP contribution in [0, 0.1) is 0 Å². The van der Waals surface area contributed by atoms with Gasteiger partial charge < -0.3 is 4.74 Å². The molecule has 0 saturated heterocycles. The third-order valence-electron chi connectivity index (χ3n) is 1.58. The second kappa shape index (κ2) is 5.79. The summed E-state index contributed by atoms with van der Waals surface area (Å²) in [6.45, 7) is 6.61. The minimum absolute atomic E-state index is 0.278. The van der Waals surface area contributed by atoms with Crippen molar-refractivity contribution in [2.75, 3.05) is 6.61 Å². The lowest BCUT2D eigenvalue weighted by Crippen LogP contribution is -2.25. The zero-order chi connectivity index (χ0) is 12.8. The molecule has 6 heteroatoms. The summed E-state index contributed by atoms with van der Waals surface area (Å²) in [5.74, 6) is -0.526. The Morgan fingerprint density at radius 2 is 1.94 bits per heavy atom. The van der Waals surface area contributed by atoms with Gasteiger partial charge in [-0.2, -0.15) is 4.40 Å². The van der Waals surface area contributed by atoms with Gasteiger partial charge in [-0.25, -0.2) is 13.2 Å². The fourth-order valence-corrected chi connectivity index (χ4v) is 1.13. The molecule has 0 aliphatic rings. The third kappa shape index (κ3) is 5.06. The largest absolute Gasteiger partial charge is 0.463 e. The van der Waals surface area contributed by atoms with E-state index in [0.29, 0.717) is 0 Å². The van der Waals surface area contributed by atoms with E-state index in [1.54, 1.807) is 27.7 Å². The summed E-state index contributed by atoms with van der Waals surface area (Å²) in [4.78, 5) is 10.8. The topological polar surface area (TPSA) is 72.8 Å². The van der Waals surface area contributed by atoms with Crippen molar-refractivity contribution in [1.29, 1.82) is 0 Å². The average Bonchev–Trinajstić information content (AvgIpc) is 2.11. The van der Waals surface area contributed by atoms with Gasteiger partial charge in [0.25, 0.3) is 10.0 Å². The first kappa shape index (κ1) is 14.8. The third-order valence-corrected chi connectivity index (χ3v) is 3.53. The molecule has 0 spiro atoms. The molecule has 0 aromatic carbocycles. The van der Waals surface area contributed by atoms with E-state index in [9.17, 15) is 13.2 Å². The minimum atomic E-state index is -3.54. The lowest BCUT2D eigenvalue weighted by atomic mass is 10.3. The van der Waals surface area contributed by atoms with Crippen molar-refractivity contribution in [2.24, 2.45) is 4.40 Å². The van der Waals surface area contributed by atoms with E-state index in [0.717, 1.165) is 12.3 Å². The van der Waals surface area contributed by atoms with Crippen LogP contribution < -0.4 is 0 Å². The second-order valence-corrected chi connectivity index (χ2v) is 6.34. The van der Waals surface area contributed by atoms with Crippen LogP contribution in [0.2, 0.25) is 0 Å². The minimum Gasteiger partial charge on any atom is -0.463 e. The smallest absolute Gasteiger partial charge is 0.330 e. The van der Waals surface area contributed by atoms with Crippen molar-refractivity contribution in [3.8, 4) is 0 Å². The van der Waals surface area contributed by atoms with Crippen molar-refractivity contribution in [3.63, 3.8) is 0 Å². The first-order valence-corrected chi connectivity index (χ1v) is 6.28. The predicted molar refractivity (Wildman–Crippen MR) is 62.9 cm³/mol. The molecule has 0 atom stereocenters. The Kier molecular flexibility index (Phi) is 5.37. The number of hydrogen-bond donors (Lipinski definition) is 0. The predicted octanol–water partition coefficient (Wildman–Crippen LogP) is 1.30. The number of esters is 1. The lowest BCUT2D eigenvalue weighted by molar-refractivity contribution is -0.137. The molecule has 0 aliphatic heterocycles. The van der Waals surface area contributed by atoms with Crippen LogP contribution in [-0.4, -0.2) is 32.0 Å². The number of carbonyl (C=O) groups is 1. The van der Waals surface area contributed by atoms with Gasteiger partial charge in [-0.3, -0.25) is 0 Å². The summed E-state index contributed by atoms with van der Waals surface area (Å²) in [5.41, 5.74) is 0. The Morgan fingerprint density at radius 1 is 1.38 bits per heavy atom. The Morgan fingerprint density at radius 3 is 2.38 bits per heavy atom. The van der Waals surface area contributed by atoms with Gasteiger partial charge in [0, 0.05) is 12.3 Å². The molecule has 0 fully saturated rings. The molecular weight excluding hydrogens is 230 g/mol. The summed E-state index contributed by atoms with van der Waals surface area (Å²) in [7, 11) is -3.54. The monoisotopic (exact) mass is 247 g/mol. The maximum Gasteiger partial charge on any atom is 0.330 e. The zero-order valence-electron chi connectivity index (χ0n) is 9.93. The molecule has 0 saturated carbocycles. The molecule has 0 aromatic rings. The number of rotatable bonds is 4. The summed E-state index contributed by atoms with van der Waals surface area (Å²) >= 11 is 0. The van der Waals surface area contributed by atoms with Crippen LogP contribution in [-0.2, 0) is 19.6 Å². The molecule has 0 amide bonds. The van der Waals surface area contributed by atoms with Crippen LogP contribution in [0.15, 0.2) is 16.5 Å². The van der Waals surface area contributed by atoms with Crippen LogP contribution in [0.4, 0.5) is 0 Å². The summed E-state index contributed by atoms with van der Waals surface area (Å²) in [6, 6.07) is 0. The fraction of sp³-hybridized carbons (Fsp3) is 0.600. The van der Waals surface area contributed by atoms with Crippen LogP contribution in [0.1, 0.15) is 27.7 Å². The van der Waals surface area contributed by atoms with Gasteiger partial charge in [-0.15, -0.1) is 0 Å². The molecule has 0 aliphatic carbocycles. The molecular formula is C10H17NO4S. The van der Waals surface area contributed by atoms with Gasteiger partial charge in [0.15, 0.2) is 0 Å². The molecule has 0 bridgehead atoms. The molecule has 92 valence electrons. The number of sulfonamides is 1. The van der Waals surface area contributed by atoms with Gasteiger partial charge in [0.2, 0.25) is 0 Å². The van der Waals surface area contributed by atoms with Crippen molar-refractivity contribution in [3.05, 3.63) is 12.2 Å². The van der Waals surface area contributed by atoms with Crippen molar-refractivity contribution in [2.45, 2.75) is 32.4 Å². The van der Waals surface area contributed by atoms with Crippen molar-refractivity contribution < 1.29 is 17.9 Å². The second-order valence-electron chi connectivity index (χ2n) is 3.95. The first-order chi connectivity index (χ1) is 7.20. The molecule has 16 heavy (non-hydrogen) atoms. The standard InChI is InChI=1S/C10H17NO4S/c1-5-15-9(12)7-6-8-11-16(13,14)10(2,3)4/h6-8H,5H2,1-4H3/b7-6+,11-8+. The normalized spacial score (nSPS) is 13.5. The van der Waals surface area contributed by atoms with Gasteiger partial charge in [0.1, 0.15) is 0 Å². The van der Waals surface area contributed by atoms with Gasteiger partial charge in [0.05, 0.1) is 11.4 Å². The van der Waals surface area contributed by atoms with Gasteiger partial charge >= 0.3 is 5.97 Å². The highest BCUT2D eigenvalue weighted by Crippen LogP contribution is 2.16. The molecule has 0 unspecified atom stereocenters. The number of ether oxygens (including phenoxy) is 1. The summed E-state index contributed by atoms with van der Waals surface area (Å²) in [6.07, 6.45) is 3.42. The fourth-order valence-electron chi connectivity index (χ4n) is 0.585. The Hall–Kier alpha value is -1.17. The number of carbonyl (C=O) groups excluding carboxylic acids is 1. The molecule has 0 N–H and O–H groups in total. The zero-order valence-corrected chi connectivity index (χ0v) is 10.7. The molecule has 0 rings (SSSR count).